The van der Waals surface area contributed by atoms with E-state index in [-0.39, 0.29) is 67.0 Å². The van der Waals surface area contributed by atoms with Gasteiger partial charge in [-0.25, -0.2) is 0 Å². The van der Waals surface area contributed by atoms with E-state index in [1.165, 1.54) is 0 Å². The van der Waals surface area contributed by atoms with Crippen LogP contribution < -0.4 is 15.0 Å². The van der Waals surface area contributed by atoms with Gasteiger partial charge in [0.25, 0.3) is 0 Å². The summed E-state index contributed by atoms with van der Waals surface area (Å²) >= 11 is 0. The molecule has 1 atom stereocenters. The summed E-state index contributed by atoms with van der Waals surface area (Å²) in [4.78, 5) is 17.8. The number of rotatable bonds is 6. The van der Waals surface area contributed by atoms with Crippen molar-refractivity contribution in [2.24, 2.45) is 0 Å². The van der Waals surface area contributed by atoms with Gasteiger partial charge in [0.05, 0.1) is 18.7 Å². The second kappa shape index (κ2) is 15.5. The first-order valence-electron chi connectivity index (χ1n) is 10.3. The molecule has 0 aromatic heterocycles. The number of halogens is 4. The fourth-order valence-electron chi connectivity index (χ4n) is 3.80. The molecule has 1 saturated heterocycles. The number of amides is 1. The van der Waals surface area contributed by atoms with Gasteiger partial charge >= 0.3 is 0 Å². The van der Waals surface area contributed by atoms with Crippen LogP contribution in [-0.2, 0) is 4.79 Å². The molecule has 0 bridgehead atoms. The third-order valence-corrected chi connectivity index (χ3v) is 5.26. The van der Waals surface area contributed by atoms with Crippen LogP contribution in [-0.4, -0.2) is 56.2 Å². The van der Waals surface area contributed by atoms with E-state index in [1.807, 2.05) is 57.2 Å². The minimum absolute atomic E-state index is 0. The van der Waals surface area contributed by atoms with Gasteiger partial charge in [0.15, 0.2) is 0 Å². The van der Waals surface area contributed by atoms with E-state index < -0.39 is 0 Å². The van der Waals surface area contributed by atoms with Gasteiger partial charge in [-0.2, -0.15) is 0 Å². The van der Waals surface area contributed by atoms with Crippen molar-refractivity contribution < 1.29 is 9.53 Å². The van der Waals surface area contributed by atoms with Crippen molar-refractivity contribution in [2.45, 2.75) is 32.2 Å². The van der Waals surface area contributed by atoms with Crippen molar-refractivity contribution >= 4 is 61.2 Å². The zero-order valence-corrected chi connectivity index (χ0v) is 22.9. The molecule has 5 nitrogen and oxygen atoms in total. The smallest absolute Gasteiger partial charge is 0.229 e. The molecule has 3 rings (SSSR count). The lowest BCUT2D eigenvalue weighted by atomic mass is 9.95. The molecule has 33 heavy (non-hydrogen) atoms. The molecule has 1 fully saturated rings. The number of ether oxygens (including phenoxy) is 1. The summed E-state index contributed by atoms with van der Waals surface area (Å²) in [5.74, 6) is 0.830. The second-order valence-corrected chi connectivity index (χ2v) is 8.66. The van der Waals surface area contributed by atoms with Crippen LogP contribution in [0.2, 0.25) is 0 Å². The summed E-state index contributed by atoms with van der Waals surface area (Å²) in [5, 5.41) is 3.16. The third kappa shape index (κ3) is 9.79. The largest absolute Gasteiger partial charge is 0.495 e. The number of piperazine rings is 1. The van der Waals surface area contributed by atoms with E-state index in [0.717, 1.165) is 49.7 Å². The number of carbonyl (C=O) groups is 1. The summed E-state index contributed by atoms with van der Waals surface area (Å²) in [6, 6.07) is 18.3. The summed E-state index contributed by atoms with van der Waals surface area (Å²) in [6.45, 7) is 10.5. The van der Waals surface area contributed by atoms with Crippen molar-refractivity contribution in [1.82, 2.24) is 10.2 Å². The second-order valence-electron chi connectivity index (χ2n) is 8.66. The van der Waals surface area contributed by atoms with Gasteiger partial charge < -0.3 is 15.0 Å². The lowest BCUT2D eigenvalue weighted by Crippen LogP contribution is -2.50. The quantitative estimate of drug-likeness (QED) is 0.546. The average Bonchev–Trinajstić information content (AvgIpc) is 2.72. The van der Waals surface area contributed by atoms with E-state index >= 15 is 0 Å². The number of hydrogen-bond acceptors (Lipinski definition) is 4. The number of para-hydroxylation sites is 2. The Morgan fingerprint density at radius 1 is 0.909 bits per heavy atom. The van der Waals surface area contributed by atoms with E-state index in [9.17, 15) is 4.79 Å². The number of anilines is 1. The zero-order valence-electron chi connectivity index (χ0n) is 19.7. The molecule has 2 aromatic carbocycles. The minimum Gasteiger partial charge on any atom is -0.495 e. The predicted octanol–water partition coefficient (Wildman–Crippen LogP) is 5.20. The van der Waals surface area contributed by atoms with Gasteiger partial charge in [-0.15, -0.1) is 49.6 Å². The lowest BCUT2D eigenvalue weighted by Gasteiger charge is -2.38. The topological polar surface area (TPSA) is 44.8 Å². The molecule has 1 N–H and O–H groups in total. The van der Waals surface area contributed by atoms with Gasteiger partial charge in [-0.05, 0) is 38.5 Å². The molecule has 1 aliphatic rings. The van der Waals surface area contributed by atoms with Gasteiger partial charge in [-0.3, -0.25) is 9.69 Å². The van der Waals surface area contributed by atoms with Crippen LogP contribution in [0.5, 0.6) is 5.75 Å². The predicted molar refractivity (Wildman–Crippen MR) is 148 cm³/mol. The standard InChI is InChI=1S/C24H33N3O2.4ClH/c1-24(2,3)25-23(28)20(19-10-6-5-7-11-19)18-26-14-16-27(17-15-26)21-12-8-9-13-22(21)29-4;;;;/h5-13,20H,14-18H2,1-4H3,(H,25,28);4*1H. The molecule has 1 aliphatic heterocycles. The lowest BCUT2D eigenvalue weighted by molar-refractivity contribution is -0.124. The molecule has 2 aromatic rings. The van der Waals surface area contributed by atoms with Crippen molar-refractivity contribution in [3.63, 3.8) is 0 Å². The maximum Gasteiger partial charge on any atom is 0.229 e. The molecular formula is C24H37Cl4N3O2. The number of hydrogen-bond donors (Lipinski definition) is 1. The average molecular weight is 541 g/mol. The summed E-state index contributed by atoms with van der Waals surface area (Å²) in [6.07, 6.45) is 0. The Labute approximate surface area is 223 Å². The number of methoxy groups -OCH3 is 1. The Morgan fingerprint density at radius 3 is 2.00 bits per heavy atom. The van der Waals surface area contributed by atoms with Gasteiger partial charge in [-0.1, -0.05) is 42.5 Å². The van der Waals surface area contributed by atoms with Crippen LogP contribution in [0.4, 0.5) is 5.69 Å². The SMILES string of the molecule is COc1ccccc1N1CCN(CC(C(=O)NC(C)(C)C)c2ccccc2)CC1.Cl.Cl.Cl.Cl. The van der Waals surface area contributed by atoms with Crippen molar-refractivity contribution in [2.75, 3.05) is 44.7 Å². The van der Waals surface area contributed by atoms with Crippen molar-refractivity contribution in [3.05, 3.63) is 60.2 Å². The zero-order chi connectivity index (χ0) is 20.9. The summed E-state index contributed by atoms with van der Waals surface area (Å²) in [7, 11) is 1.72. The highest BCUT2D eigenvalue weighted by atomic mass is 35.5. The van der Waals surface area contributed by atoms with Crippen molar-refractivity contribution in [1.29, 1.82) is 0 Å². The van der Waals surface area contributed by atoms with Crippen LogP contribution in [0.1, 0.15) is 32.3 Å². The maximum atomic E-state index is 13.0. The molecule has 188 valence electrons. The monoisotopic (exact) mass is 539 g/mol. The Balaban J connectivity index is 0. The summed E-state index contributed by atoms with van der Waals surface area (Å²) in [5.41, 5.74) is 1.97. The first-order chi connectivity index (χ1) is 13.9. The highest BCUT2D eigenvalue weighted by molar-refractivity contribution is 5.86. The maximum absolute atomic E-state index is 13.0. The van der Waals surface area contributed by atoms with Crippen molar-refractivity contribution in [3.8, 4) is 5.75 Å². The normalized spacial score (nSPS) is 14.4. The highest BCUT2D eigenvalue weighted by Crippen LogP contribution is 2.29. The molecule has 1 amide bonds. The Bertz CT molecular complexity index is 811. The van der Waals surface area contributed by atoms with Crippen LogP contribution in [0, 0.1) is 0 Å². The molecule has 0 spiro atoms. The van der Waals surface area contributed by atoms with Gasteiger partial charge in [0, 0.05) is 38.3 Å². The van der Waals surface area contributed by atoms with E-state index in [0.29, 0.717) is 0 Å². The number of benzene rings is 2. The Kier molecular flexibility index (Phi) is 15.9. The van der Waals surface area contributed by atoms with Crippen LogP contribution >= 0.6 is 49.6 Å². The molecule has 1 unspecified atom stereocenters. The van der Waals surface area contributed by atoms with E-state index in [1.54, 1.807) is 7.11 Å². The number of carbonyl (C=O) groups excluding carboxylic acids is 1. The molecule has 9 heteroatoms. The van der Waals surface area contributed by atoms with Gasteiger partial charge in [0.1, 0.15) is 5.75 Å². The van der Waals surface area contributed by atoms with Crippen LogP contribution in [0.3, 0.4) is 0 Å². The first-order valence-corrected chi connectivity index (χ1v) is 10.3. The Hall–Kier alpha value is -1.37. The van der Waals surface area contributed by atoms with Gasteiger partial charge in [0.2, 0.25) is 5.91 Å². The minimum atomic E-state index is -0.243. The third-order valence-electron chi connectivity index (χ3n) is 5.26. The number of nitrogens with zero attached hydrogens (tertiary/aromatic N) is 2. The van der Waals surface area contributed by atoms with Crippen LogP contribution in [0.25, 0.3) is 0 Å². The fraction of sp³-hybridized carbons (Fsp3) is 0.458. The molecule has 0 aliphatic carbocycles. The van der Waals surface area contributed by atoms with E-state index in [2.05, 4.69) is 33.3 Å². The molecule has 0 radical (unpaired) electrons. The molecular weight excluding hydrogens is 504 g/mol. The fourth-order valence-corrected chi connectivity index (χ4v) is 3.80. The summed E-state index contributed by atoms with van der Waals surface area (Å²) < 4.78 is 5.52. The van der Waals surface area contributed by atoms with E-state index in [4.69, 9.17) is 4.74 Å². The van der Waals surface area contributed by atoms with Crippen LogP contribution in [0.15, 0.2) is 54.6 Å². The first kappa shape index (κ1) is 33.8. The molecule has 0 saturated carbocycles. The highest BCUT2D eigenvalue weighted by Gasteiger charge is 2.28. The number of nitrogens with one attached hydrogen (secondary N) is 1. The molecule has 1 heterocycles. The Morgan fingerprint density at radius 2 is 1.45 bits per heavy atom.